The minimum absolute atomic E-state index is 0.180. The van der Waals surface area contributed by atoms with E-state index in [0.29, 0.717) is 10.6 Å². The fraction of sp³-hybridized carbons (Fsp3) is 0.296. The zero-order valence-corrected chi connectivity index (χ0v) is 19.9. The molecule has 1 fully saturated rings. The van der Waals surface area contributed by atoms with Crippen molar-refractivity contribution in [3.63, 3.8) is 0 Å². The minimum atomic E-state index is -0.180. The highest BCUT2D eigenvalue weighted by Gasteiger charge is 2.15. The molecule has 0 aliphatic carbocycles. The average Bonchev–Trinajstić information content (AvgIpc) is 3.03. The molecular formula is C27H30ClN3O2. The molecule has 1 N–H and O–H groups in total. The van der Waals surface area contributed by atoms with Gasteiger partial charge in [0.05, 0.1) is 7.11 Å². The van der Waals surface area contributed by atoms with Gasteiger partial charge in [0, 0.05) is 41.5 Å². The Morgan fingerprint density at radius 2 is 1.76 bits per heavy atom. The highest BCUT2D eigenvalue weighted by Crippen LogP contribution is 2.29. The van der Waals surface area contributed by atoms with Crippen molar-refractivity contribution in [2.24, 2.45) is 0 Å². The number of anilines is 1. The number of rotatable bonds is 6. The molecule has 5 nitrogen and oxygen atoms in total. The lowest BCUT2D eigenvalue weighted by Crippen LogP contribution is -2.28. The molecule has 0 spiro atoms. The van der Waals surface area contributed by atoms with Gasteiger partial charge in [-0.2, -0.15) is 0 Å². The predicted molar refractivity (Wildman–Crippen MR) is 135 cm³/mol. The van der Waals surface area contributed by atoms with Crippen molar-refractivity contribution in [2.45, 2.75) is 13.0 Å². The lowest BCUT2D eigenvalue weighted by atomic mass is 10.0. The van der Waals surface area contributed by atoms with Crippen LogP contribution >= 0.6 is 11.6 Å². The average molecular weight is 464 g/mol. The van der Waals surface area contributed by atoms with Crippen LogP contribution in [-0.4, -0.2) is 56.0 Å². The van der Waals surface area contributed by atoms with Crippen LogP contribution in [0.5, 0.6) is 5.75 Å². The first-order valence-corrected chi connectivity index (χ1v) is 11.6. The molecule has 1 amide bonds. The van der Waals surface area contributed by atoms with Gasteiger partial charge in [-0.3, -0.25) is 9.69 Å². The van der Waals surface area contributed by atoms with Gasteiger partial charge < -0.3 is 15.0 Å². The monoisotopic (exact) mass is 463 g/mol. The van der Waals surface area contributed by atoms with Crippen LogP contribution in [0.4, 0.5) is 5.69 Å². The number of carbonyl (C=O) groups excluding carboxylic acids is 1. The molecule has 0 atom stereocenters. The van der Waals surface area contributed by atoms with Crippen LogP contribution in [0.25, 0.3) is 11.1 Å². The molecule has 1 saturated heterocycles. The second-order valence-corrected chi connectivity index (χ2v) is 8.94. The van der Waals surface area contributed by atoms with Gasteiger partial charge in [-0.1, -0.05) is 35.9 Å². The lowest BCUT2D eigenvalue weighted by Gasteiger charge is -2.22. The Morgan fingerprint density at radius 1 is 0.970 bits per heavy atom. The van der Waals surface area contributed by atoms with Gasteiger partial charge in [-0.15, -0.1) is 0 Å². The molecule has 3 aromatic rings. The fourth-order valence-electron chi connectivity index (χ4n) is 4.16. The first-order chi connectivity index (χ1) is 16.0. The summed E-state index contributed by atoms with van der Waals surface area (Å²) < 4.78 is 5.65. The molecule has 0 saturated carbocycles. The molecule has 6 heteroatoms. The van der Waals surface area contributed by atoms with E-state index >= 15 is 0 Å². The Hall–Kier alpha value is -2.86. The Balaban J connectivity index is 1.48. The largest absolute Gasteiger partial charge is 0.496 e. The maximum absolute atomic E-state index is 12.5. The number of nitrogens with one attached hydrogen (secondary N) is 1. The van der Waals surface area contributed by atoms with Crippen molar-refractivity contribution in [1.82, 2.24) is 9.80 Å². The van der Waals surface area contributed by atoms with Crippen molar-refractivity contribution in [2.75, 3.05) is 45.7 Å². The summed E-state index contributed by atoms with van der Waals surface area (Å²) in [6.45, 7) is 5.26. The summed E-state index contributed by atoms with van der Waals surface area (Å²) in [5, 5.41) is 3.47. The van der Waals surface area contributed by atoms with Crippen LogP contribution in [0.15, 0.2) is 66.7 Å². The van der Waals surface area contributed by atoms with Gasteiger partial charge in [0.1, 0.15) is 5.75 Å². The summed E-state index contributed by atoms with van der Waals surface area (Å²) in [4.78, 5) is 17.4. The van der Waals surface area contributed by atoms with Crippen LogP contribution in [-0.2, 0) is 6.54 Å². The van der Waals surface area contributed by atoms with Crippen molar-refractivity contribution in [1.29, 1.82) is 0 Å². The van der Waals surface area contributed by atoms with Crippen molar-refractivity contribution in [3.05, 3.63) is 82.9 Å². The number of likely N-dealkylation sites (N-methyl/N-ethyl adjacent to an activating group) is 1. The number of benzene rings is 3. The third kappa shape index (κ3) is 6.14. The zero-order chi connectivity index (χ0) is 23.2. The topological polar surface area (TPSA) is 44.8 Å². The fourth-order valence-corrected chi connectivity index (χ4v) is 4.35. The third-order valence-electron chi connectivity index (χ3n) is 6.05. The van der Waals surface area contributed by atoms with E-state index in [-0.39, 0.29) is 5.91 Å². The molecule has 0 bridgehead atoms. The first-order valence-electron chi connectivity index (χ1n) is 11.3. The van der Waals surface area contributed by atoms with E-state index < -0.39 is 0 Å². The Labute approximate surface area is 200 Å². The molecule has 1 heterocycles. The molecule has 1 aliphatic heterocycles. The number of nitrogens with zero attached hydrogens (tertiary/aromatic N) is 2. The number of hydrogen-bond acceptors (Lipinski definition) is 4. The molecule has 0 unspecified atom stereocenters. The van der Waals surface area contributed by atoms with E-state index in [4.69, 9.17) is 16.3 Å². The van der Waals surface area contributed by atoms with Crippen molar-refractivity contribution < 1.29 is 9.53 Å². The van der Waals surface area contributed by atoms with Crippen LogP contribution in [0.2, 0.25) is 5.02 Å². The maximum atomic E-state index is 12.5. The SMILES string of the molecule is COc1ccc(-c2ccc(NC(=O)c3cccc(Cl)c3)cc2)cc1CN1CCCN(C)CC1. The van der Waals surface area contributed by atoms with Crippen LogP contribution < -0.4 is 10.1 Å². The summed E-state index contributed by atoms with van der Waals surface area (Å²) in [5.41, 5.74) is 4.69. The molecule has 172 valence electrons. The summed E-state index contributed by atoms with van der Waals surface area (Å²) in [6.07, 6.45) is 1.18. The van der Waals surface area contributed by atoms with Crippen LogP contribution in [0.3, 0.4) is 0 Å². The predicted octanol–water partition coefficient (Wildman–Crippen LogP) is 5.41. The first kappa shape index (κ1) is 23.3. The van der Waals surface area contributed by atoms with Gasteiger partial charge >= 0.3 is 0 Å². The van der Waals surface area contributed by atoms with E-state index in [0.717, 1.165) is 55.3 Å². The molecule has 0 aromatic heterocycles. The lowest BCUT2D eigenvalue weighted by molar-refractivity contribution is 0.102. The van der Waals surface area contributed by atoms with Crippen LogP contribution in [0, 0.1) is 0 Å². The van der Waals surface area contributed by atoms with Gasteiger partial charge in [-0.25, -0.2) is 0 Å². The number of halogens is 1. The standard InChI is InChI=1S/C27H30ClN3O2/c1-30-13-4-14-31(16-15-30)19-23-17-21(9-12-26(23)33-2)20-7-10-25(11-8-20)29-27(32)22-5-3-6-24(28)18-22/h3,5-12,17-18H,4,13-16,19H2,1-2H3,(H,29,32). The zero-order valence-electron chi connectivity index (χ0n) is 19.2. The second kappa shape index (κ2) is 10.8. The Kier molecular flexibility index (Phi) is 7.65. The van der Waals surface area contributed by atoms with E-state index in [1.54, 1.807) is 31.4 Å². The van der Waals surface area contributed by atoms with Gasteiger partial charge in [0.2, 0.25) is 0 Å². The molecule has 3 aromatic carbocycles. The number of amides is 1. The highest BCUT2D eigenvalue weighted by atomic mass is 35.5. The third-order valence-corrected chi connectivity index (χ3v) is 6.28. The Bertz CT molecular complexity index is 1100. The summed E-state index contributed by atoms with van der Waals surface area (Å²) in [6, 6.07) is 21.2. The number of methoxy groups -OCH3 is 1. The number of carbonyl (C=O) groups is 1. The second-order valence-electron chi connectivity index (χ2n) is 8.50. The van der Waals surface area contributed by atoms with Crippen LogP contribution in [0.1, 0.15) is 22.3 Å². The maximum Gasteiger partial charge on any atom is 0.255 e. The smallest absolute Gasteiger partial charge is 0.255 e. The molecule has 33 heavy (non-hydrogen) atoms. The minimum Gasteiger partial charge on any atom is -0.496 e. The highest BCUT2D eigenvalue weighted by molar-refractivity contribution is 6.31. The Morgan fingerprint density at radius 3 is 2.52 bits per heavy atom. The van der Waals surface area contributed by atoms with E-state index in [1.807, 2.05) is 30.3 Å². The van der Waals surface area contributed by atoms with Gasteiger partial charge in [0.15, 0.2) is 0 Å². The number of ether oxygens (including phenoxy) is 1. The van der Waals surface area contributed by atoms with E-state index in [1.165, 1.54) is 12.0 Å². The summed E-state index contributed by atoms with van der Waals surface area (Å²) in [5.74, 6) is 0.738. The summed E-state index contributed by atoms with van der Waals surface area (Å²) in [7, 11) is 3.91. The molecule has 0 radical (unpaired) electrons. The van der Waals surface area contributed by atoms with Gasteiger partial charge in [-0.05, 0) is 80.1 Å². The van der Waals surface area contributed by atoms with E-state index in [2.05, 4.69) is 34.3 Å². The number of hydrogen-bond donors (Lipinski definition) is 1. The quantitative estimate of drug-likeness (QED) is 0.531. The molecule has 4 rings (SSSR count). The van der Waals surface area contributed by atoms with Gasteiger partial charge in [0.25, 0.3) is 5.91 Å². The molecule has 1 aliphatic rings. The van der Waals surface area contributed by atoms with Crippen molar-refractivity contribution >= 4 is 23.2 Å². The molecular weight excluding hydrogens is 434 g/mol. The van der Waals surface area contributed by atoms with E-state index in [9.17, 15) is 4.79 Å². The van der Waals surface area contributed by atoms with Crippen molar-refractivity contribution in [3.8, 4) is 16.9 Å². The summed E-state index contributed by atoms with van der Waals surface area (Å²) >= 11 is 6.00. The normalized spacial score (nSPS) is 15.1.